The van der Waals surface area contributed by atoms with E-state index >= 15 is 0 Å². The third-order valence-electron chi connectivity index (χ3n) is 7.11. The lowest BCUT2D eigenvalue weighted by atomic mass is 9.91. The van der Waals surface area contributed by atoms with E-state index in [0.29, 0.717) is 36.7 Å². The van der Waals surface area contributed by atoms with Crippen molar-refractivity contribution in [1.29, 1.82) is 0 Å². The Kier molecular flexibility index (Phi) is 6.99. The Morgan fingerprint density at radius 2 is 1.88 bits per heavy atom. The summed E-state index contributed by atoms with van der Waals surface area (Å²) in [5, 5.41) is 6.58. The second-order valence-electron chi connectivity index (χ2n) is 9.77. The summed E-state index contributed by atoms with van der Waals surface area (Å²) in [5.74, 6) is -1.89. The highest BCUT2D eigenvalue weighted by molar-refractivity contribution is 6.31. The lowest BCUT2D eigenvalue weighted by Gasteiger charge is -2.31. The molecule has 0 spiro atoms. The number of alkyl halides is 3. The number of nitrogens with zero attached hydrogens (tertiary/aromatic N) is 5. The summed E-state index contributed by atoms with van der Waals surface area (Å²) in [7, 11) is 1.73. The van der Waals surface area contributed by atoms with Gasteiger partial charge in [-0.3, -0.25) is 23.8 Å². The van der Waals surface area contributed by atoms with Crippen LogP contribution < -0.4 is 10.9 Å². The fraction of sp³-hybridized carbons (Fsp3) is 0.296. The Hall–Kier alpha value is -4.06. The average Bonchev–Trinajstić information content (AvgIpc) is 3.26. The van der Waals surface area contributed by atoms with Gasteiger partial charge in [0.25, 0.3) is 11.5 Å². The number of carbonyl (C=O) groups is 1. The van der Waals surface area contributed by atoms with E-state index in [9.17, 15) is 27.2 Å². The topological polar surface area (TPSA) is 94.7 Å². The molecule has 0 aliphatic carbocycles. The van der Waals surface area contributed by atoms with Gasteiger partial charge in [0.2, 0.25) is 0 Å². The second-order valence-corrected chi connectivity index (χ2v) is 10.2. The number of hydrogen-bond acceptors (Lipinski definition) is 5. The van der Waals surface area contributed by atoms with E-state index in [2.05, 4.69) is 20.4 Å². The minimum Gasteiger partial charge on any atom is -0.321 e. The zero-order valence-electron chi connectivity index (χ0n) is 21.4. The minimum atomic E-state index is -4.93. The van der Waals surface area contributed by atoms with Gasteiger partial charge in [-0.2, -0.15) is 18.3 Å². The number of halogens is 5. The predicted molar refractivity (Wildman–Crippen MR) is 140 cm³/mol. The lowest BCUT2D eigenvalue weighted by Crippen LogP contribution is -2.48. The first-order valence-corrected chi connectivity index (χ1v) is 12.7. The molecular weight excluding hydrogens is 552 g/mol. The summed E-state index contributed by atoms with van der Waals surface area (Å²) in [6, 6.07) is 5.94. The van der Waals surface area contributed by atoms with Crippen molar-refractivity contribution >= 4 is 23.2 Å². The van der Waals surface area contributed by atoms with Crippen LogP contribution in [0.25, 0.3) is 22.5 Å². The van der Waals surface area contributed by atoms with Gasteiger partial charge < -0.3 is 5.32 Å². The number of pyridine rings is 1. The van der Waals surface area contributed by atoms with Crippen molar-refractivity contribution in [1.82, 2.24) is 24.3 Å². The minimum absolute atomic E-state index is 0.203. The van der Waals surface area contributed by atoms with Gasteiger partial charge in [0, 0.05) is 36.1 Å². The van der Waals surface area contributed by atoms with Gasteiger partial charge >= 0.3 is 6.18 Å². The summed E-state index contributed by atoms with van der Waals surface area (Å²) in [6.07, 6.45) is 1.23. The SMILES string of the molecule is Cn1ncc2c1-c1ccnc(c1)CCCC[C@@](C)(n1cnc(-c3c(C(F)(F)F)ccc(Cl)c3F)cc1=O)C(=O)N2. The summed E-state index contributed by atoms with van der Waals surface area (Å²) < 4.78 is 58.5. The molecule has 4 heterocycles. The smallest absolute Gasteiger partial charge is 0.321 e. The van der Waals surface area contributed by atoms with E-state index in [4.69, 9.17) is 11.6 Å². The molecule has 3 aromatic heterocycles. The van der Waals surface area contributed by atoms with Crippen LogP contribution in [0.5, 0.6) is 0 Å². The maximum Gasteiger partial charge on any atom is 0.417 e. The highest BCUT2D eigenvalue weighted by Gasteiger charge is 2.39. The molecule has 13 heteroatoms. The maximum atomic E-state index is 14.8. The number of aromatic nitrogens is 5. The molecule has 0 saturated carbocycles. The third kappa shape index (κ3) is 4.87. The van der Waals surface area contributed by atoms with Gasteiger partial charge in [0.05, 0.1) is 40.2 Å². The average molecular weight is 575 g/mol. The van der Waals surface area contributed by atoms with Crippen LogP contribution in [0.2, 0.25) is 5.02 Å². The molecule has 0 unspecified atom stereocenters. The monoisotopic (exact) mass is 574 g/mol. The van der Waals surface area contributed by atoms with Crippen molar-refractivity contribution in [2.75, 3.05) is 5.32 Å². The molecule has 0 saturated heterocycles. The van der Waals surface area contributed by atoms with Gasteiger partial charge in [-0.1, -0.05) is 18.0 Å². The molecule has 1 amide bonds. The molecule has 1 aromatic carbocycles. The van der Waals surface area contributed by atoms with Crippen molar-refractivity contribution in [3.63, 3.8) is 0 Å². The molecule has 1 aliphatic heterocycles. The zero-order chi connectivity index (χ0) is 28.8. The van der Waals surface area contributed by atoms with Crippen LogP contribution in [0.1, 0.15) is 37.4 Å². The van der Waals surface area contributed by atoms with Crippen LogP contribution >= 0.6 is 11.6 Å². The van der Waals surface area contributed by atoms with Gasteiger partial charge in [-0.05, 0) is 50.5 Å². The molecule has 8 nitrogen and oxygen atoms in total. The van der Waals surface area contributed by atoms with E-state index < -0.39 is 50.8 Å². The Labute approximate surface area is 230 Å². The van der Waals surface area contributed by atoms with Gasteiger partial charge in [0.1, 0.15) is 5.54 Å². The van der Waals surface area contributed by atoms with E-state index in [1.165, 1.54) is 6.20 Å². The molecule has 1 aliphatic rings. The molecule has 2 bridgehead atoms. The van der Waals surface area contributed by atoms with Crippen molar-refractivity contribution in [3.05, 3.63) is 81.5 Å². The van der Waals surface area contributed by atoms with Gasteiger partial charge in [-0.25, -0.2) is 9.37 Å². The quantitative estimate of drug-likeness (QED) is 0.315. The molecular formula is C27H23ClF4N6O2. The summed E-state index contributed by atoms with van der Waals surface area (Å²) in [6.45, 7) is 1.55. The molecule has 0 radical (unpaired) electrons. The molecule has 1 N–H and O–H groups in total. The lowest BCUT2D eigenvalue weighted by molar-refractivity contribution is -0.137. The third-order valence-corrected chi connectivity index (χ3v) is 7.40. The first kappa shape index (κ1) is 27.5. The van der Waals surface area contributed by atoms with Crippen molar-refractivity contribution in [3.8, 4) is 22.5 Å². The van der Waals surface area contributed by atoms with Gasteiger partial charge in [0.15, 0.2) is 5.82 Å². The van der Waals surface area contributed by atoms with Crippen LogP contribution in [0.4, 0.5) is 23.2 Å². The molecule has 208 valence electrons. The van der Waals surface area contributed by atoms with Crippen LogP contribution in [-0.2, 0) is 30.0 Å². The fourth-order valence-electron chi connectivity index (χ4n) is 4.95. The number of rotatable bonds is 2. The van der Waals surface area contributed by atoms with E-state index in [0.717, 1.165) is 34.3 Å². The maximum absolute atomic E-state index is 14.8. The van der Waals surface area contributed by atoms with Crippen LogP contribution in [0.3, 0.4) is 0 Å². The molecule has 5 rings (SSSR count). The number of hydrogen-bond donors (Lipinski definition) is 1. The van der Waals surface area contributed by atoms with Crippen molar-refractivity contribution < 1.29 is 22.4 Å². The summed E-state index contributed by atoms with van der Waals surface area (Å²) >= 11 is 5.76. The number of anilines is 1. The highest BCUT2D eigenvalue weighted by atomic mass is 35.5. The van der Waals surface area contributed by atoms with E-state index in [1.54, 1.807) is 30.9 Å². The summed E-state index contributed by atoms with van der Waals surface area (Å²) in [5.41, 5.74) is -2.44. The fourth-order valence-corrected chi connectivity index (χ4v) is 5.11. The number of nitrogens with one attached hydrogen (secondary N) is 1. The Bertz CT molecular complexity index is 1680. The van der Waals surface area contributed by atoms with Crippen molar-refractivity contribution in [2.45, 2.75) is 44.3 Å². The number of carbonyl (C=O) groups excluding carboxylic acids is 1. The van der Waals surface area contributed by atoms with Crippen LogP contribution in [0.15, 0.2) is 53.8 Å². The number of benzene rings is 1. The Morgan fingerprint density at radius 3 is 2.60 bits per heavy atom. The normalized spacial score (nSPS) is 17.9. The highest BCUT2D eigenvalue weighted by Crippen LogP contribution is 2.40. The number of amides is 1. The predicted octanol–water partition coefficient (Wildman–Crippen LogP) is 5.60. The summed E-state index contributed by atoms with van der Waals surface area (Å²) in [4.78, 5) is 35.5. The largest absolute Gasteiger partial charge is 0.417 e. The molecule has 0 fully saturated rings. The first-order valence-electron chi connectivity index (χ1n) is 12.3. The standard InChI is InChI=1S/C27H23ClF4N6O2/c1-26(38-14-34-19(12-21(38)39)22-17(27(30,31)32)6-7-18(28)23(22)29)9-4-3-5-16-11-15(8-10-33-16)24-20(36-25(26)40)13-35-37(24)2/h6-8,10-14H,3-5,9H2,1-2H3,(H,36,40)/t26-/m1/s1. The van der Waals surface area contributed by atoms with E-state index in [-0.39, 0.29) is 6.42 Å². The molecule has 1 atom stereocenters. The van der Waals surface area contributed by atoms with Crippen molar-refractivity contribution in [2.24, 2.45) is 7.05 Å². The Balaban J connectivity index is 1.59. The number of aryl methyl sites for hydroxylation is 2. The van der Waals surface area contributed by atoms with E-state index in [1.807, 2.05) is 6.07 Å². The zero-order valence-corrected chi connectivity index (χ0v) is 22.1. The van der Waals surface area contributed by atoms with Crippen LogP contribution in [0, 0.1) is 5.82 Å². The molecule has 40 heavy (non-hydrogen) atoms. The van der Waals surface area contributed by atoms with Crippen LogP contribution in [-0.4, -0.2) is 30.2 Å². The second kappa shape index (κ2) is 10.2. The Morgan fingerprint density at radius 1 is 1.10 bits per heavy atom. The van der Waals surface area contributed by atoms with Gasteiger partial charge in [-0.15, -0.1) is 0 Å². The number of fused-ring (bicyclic) bond motifs is 4. The first-order chi connectivity index (χ1) is 18.9. The molecule has 4 aromatic rings.